The summed E-state index contributed by atoms with van der Waals surface area (Å²) in [6, 6.07) is 14.6. The predicted octanol–water partition coefficient (Wildman–Crippen LogP) is 4.91. The summed E-state index contributed by atoms with van der Waals surface area (Å²) >= 11 is 6.14. The molecule has 2 nitrogen and oxygen atoms in total. The molecule has 21 heavy (non-hydrogen) atoms. The van der Waals surface area contributed by atoms with Crippen molar-refractivity contribution in [3.05, 3.63) is 65.1 Å². The number of rotatable bonds is 1. The van der Waals surface area contributed by atoms with Crippen LogP contribution in [0, 0.1) is 0 Å². The number of nitrogens with zero attached hydrogens (tertiary/aromatic N) is 2. The minimum atomic E-state index is 0.326. The van der Waals surface area contributed by atoms with Crippen molar-refractivity contribution in [2.45, 2.75) is 12.8 Å². The van der Waals surface area contributed by atoms with Crippen molar-refractivity contribution in [2.24, 2.45) is 0 Å². The number of fused-ring (bicyclic) bond motifs is 2. The third kappa shape index (κ3) is 2.12. The Morgan fingerprint density at radius 1 is 0.952 bits per heavy atom. The zero-order valence-corrected chi connectivity index (χ0v) is 12.1. The quantitative estimate of drug-likeness (QED) is 0.596. The Kier molecular flexibility index (Phi) is 2.97. The zero-order chi connectivity index (χ0) is 14.2. The molecule has 0 saturated heterocycles. The first-order valence-corrected chi connectivity index (χ1v) is 7.42. The maximum absolute atomic E-state index is 6.14. The summed E-state index contributed by atoms with van der Waals surface area (Å²) in [7, 11) is 0. The van der Waals surface area contributed by atoms with Crippen LogP contribution in [0.15, 0.2) is 48.5 Å². The summed E-state index contributed by atoms with van der Waals surface area (Å²) in [5, 5.41) is 2.72. The smallest absolute Gasteiger partial charge is 0.222 e. The van der Waals surface area contributed by atoms with Gasteiger partial charge in [0.15, 0.2) is 0 Å². The molecular formula is C18H13ClN2. The monoisotopic (exact) mass is 292 g/mol. The topological polar surface area (TPSA) is 25.8 Å². The van der Waals surface area contributed by atoms with E-state index in [1.165, 1.54) is 10.8 Å². The molecule has 0 aliphatic heterocycles. The molecule has 1 aliphatic carbocycles. The van der Waals surface area contributed by atoms with Gasteiger partial charge in [0.25, 0.3) is 0 Å². The van der Waals surface area contributed by atoms with Crippen LogP contribution < -0.4 is 0 Å². The molecule has 0 fully saturated rings. The average molecular weight is 293 g/mol. The molecule has 102 valence electrons. The minimum Gasteiger partial charge on any atom is -0.222 e. The van der Waals surface area contributed by atoms with Gasteiger partial charge < -0.3 is 0 Å². The Morgan fingerprint density at radius 2 is 1.81 bits per heavy atom. The number of aromatic nitrogens is 2. The van der Waals surface area contributed by atoms with Crippen molar-refractivity contribution in [1.29, 1.82) is 0 Å². The summed E-state index contributed by atoms with van der Waals surface area (Å²) in [5.74, 6) is 0. The van der Waals surface area contributed by atoms with Crippen molar-refractivity contribution >= 4 is 28.4 Å². The van der Waals surface area contributed by atoms with Crippen LogP contribution in [-0.2, 0) is 6.42 Å². The van der Waals surface area contributed by atoms with Gasteiger partial charge in [-0.1, -0.05) is 54.6 Å². The van der Waals surface area contributed by atoms with Gasteiger partial charge in [0.05, 0.1) is 11.4 Å². The van der Waals surface area contributed by atoms with E-state index in [0.717, 1.165) is 35.4 Å². The number of hydrogen-bond donors (Lipinski definition) is 0. The maximum Gasteiger partial charge on any atom is 0.223 e. The molecule has 0 bridgehead atoms. The third-order valence-corrected chi connectivity index (χ3v) is 4.04. The van der Waals surface area contributed by atoms with Crippen LogP contribution in [-0.4, -0.2) is 9.97 Å². The van der Waals surface area contributed by atoms with Crippen LogP contribution in [0.4, 0.5) is 0 Å². The highest BCUT2D eigenvalue weighted by molar-refractivity contribution is 6.28. The lowest BCUT2D eigenvalue weighted by Gasteiger charge is -2.15. The van der Waals surface area contributed by atoms with E-state index in [-0.39, 0.29) is 0 Å². The zero-order valence-electron chi connectivity index (χ0n) is 11.4. The molecule has 0 unspecified atom stereocenters. The van der Waals surface area contributed by atoms with Crippen LogP contribution in [0.2, 0.25) is 5.28 Å². The lowest BCUT2D eigenvalue weighted by Crippen LogP contribution is -2.03. The van der Waals surface area contributed by atoms with Gasteiger partial charge >= 0.3 is 0 Å². The average Bonchev–Trinajstić information content (AvgIpc) is 2.53. The summed E-state index contributed by atoms with van der Waals surface area (Å²) in [6.45, 7) is 0. The second-order valence-corrected chi connectivity index (χ2v) is 5.51. The molecule has 0 spiro atoms. The van der Waals surface area contributed by atoms with E-state index in [4.69, 9.17) is 11.6 Å². The lowest BCUT2D eigenvalue weighted by molar-refractivity contribution is 0.911. The van der Waals surface area contributed by atoms with E-state index in [0.29, 0.717) is 5.28 Å². The maximum atomic E-state index is 6.14. The molecule has 3 heteroatoms. The normalized spacial score (nSPS) is 13.4. The first-order chi connectivity index (χ1) is 10.3. The largest absolute Gasteiger partial charge is 0.223 e. The Bertz CT molecular complexity index is 863. The molecule has 0 N–H and O–H groups in total. The molecule has 1 aliphatic rings. The van der Waals surface area contributed by atoms with Gasteiger partial charge in [0, 0.05) is 11.1 Å². The van der Waals surface area contributed by atoms with E-state index in [1.54, 1.807) is 0 Å². The Labute approximate surface area is 128 Å². The molecule has 1 heterocycles. The molecule has 0 saturated carbocycles. The van der Waals surface area contributed by atoms with Gasteiger partial charge in [-0.25, -0.2) is 9.97 Å². The molecular weight excluding hydrogens is 280 g/mol. The number of benzene rings is 2. The first-order valence-electron chi connectivity index (χ1n) is 7.04. The molecule has 3 aromatic rings. The van der Waals surface area contributed by atoms with Crippen molar-refractivity contribution in [1.82, 2.24) is 9.97 Å². The van der Waals surface area contributed by atoms with Gasteiger partial charge in [-0.15, -0.1) is 0 Å². The Morgan fingerprint density at radius 3 is 2.76 bits per heavy atom. The number of allylic oxidation sites excluding steroid dienone is 1. The molecule has 0 amide bonds. The second-order valence-electron chi connectivity index (χ2n) is 5.17. The minimum absolute atomic E-state index is 0.326. The predicted molar refractivity (Wildman–Crippen MR) is 87.3 cm³/mol. The highest BCUT2D eigenvalue weighted by atomic mass is 35.5. The Balaban J connectivity index is 2.06. The van der Waals surface area contributed by atoms with E-state index in [1.807, 2.05) is 0 Å². The number of aryl methyl sites for hydroxylation is 1. The SMILES string of the molecule is Clc1nc2c(c(-c3cccc4ccccc34)n1)C=CCC2. The fraction of sp³-hybridized carbons (Fsp3) is 0.111. The summed E-state index contributed by atoms with van der Waals surface area (Å²) < 4.78 is 0. The van der Waals surface area contributed by atoms with E-state index >= 15 is 0 Å². The van der Waals surface area contributed by atoms with Crippen LogP contribution in [0.3, 0.4) is 0 Å². The van der Waals surface area contributed by atoms with Crippen molar-refractivity contribution < 1.29 is 0 Å². The van der Waals surface area contributed by atoms with Gasteiger partial charge in [0.2, 0.25) is 5.28 Å². The van der Waals surface area contributed by atoms with Gasteiger partial charge in [-0.05, 0) is 35.2 Å². The summed E-state index contributed by atoms with van der Waals surface area (Å²) in [5.41, 5.74) is 4.18. The Hall–Kier alpha value is -2.19. The highest BCUT2D eigenvalue weighted by Crippen LogP contribution is 2.33. The fourth-order valence-electron chi connectivity index (χ4n) is 2.91. The van der Waals surface area contributed by atoms with Gasteiger partial charge in [0.1, 0.15) is 0 Å². The summed E-state index contributed by atoms with van der Waals surface area (Å²) in [6.07, 6.45) is 6.22. The highest BCUT2D eigenvalue weighted by Gasteiger charge is 2.16. The van der Waals surface area contributed by atoms with Crippen LogP contribution in [0.25, 0.3) is 28.1 Å². The molecule has 2 aromatic carbocycles. The van der Waals surface area contributed by atoms with Crippen molar-refractivity contribution in [3.8, 4) is 11.3 Å². The van der Waals surface area contributed by atoms with Crippen molar-refractivity contribution in [2.75, 3.05) is 0 Å². The standard InChI is InChI=1S/C18H13ClN2/c19-18-20-16-11-4-3-9-15(16)17(21-18)14-10-5-7-12-6-1-2-8-13(12)14/h1-3,5-10H,4,11H2. The van der Waals surface area contributed by atoms with Crippen LogP contribution >= 0.6 is 11.6 Å². The number of halogens is 1. The molecule has 4 rings (SSSR count). The molecule has 1 aromatic heterocycles. The molecule has 0 radical (unpaired) electrons. The van der Waals surface area contributed by atoms with Gasteiger partial charge in [-0.3, -0.25) is 0 Å². The first kappa shape index (κ1) is 12.5. The summed E-state index contributed by atoms with van der Waals surface area (Å²) in [4.78, 5) is 8.89. The van der Waals surface area contributed by atoms with Crippen molar-refractivity contribution in [3.63, 3.8) is 0 Å². The fourth-order valence-corrected chi connectivity index (χ4v) is 3.10. The van der Waals surface area contributed by atoms with E-state index in [2.05, 4.69) is 64.6 Å². The third-order valence-electron chi connectivity index (χ3n) is 3.87. The van der Waals surface area contributed by atoms with Crippen LogP contribution in [0.1, 0.15) is 17.7 Å². The lowest BCUT2D eigenvalue weighted by atomic mass is 9.95. The van der Waals surface area contributed by atoms with E-state index in [9.17, 15) is 0 Å². The number of hydrogen-bond acceptors (Lipinski definition) is 2. The molecule has 0 atom stereocenters. The van der Waals surface area contributed by atoms with Crippen LogP contribution in [0.5, 0.6) is 0 Å². The second kappa shape index (κ2) is 4.97. The van der Waals surface area contributed by atoms with Gasteiger partial charge in [-0.2, -0.15) is 0 Å². The van der Waals surface area contributed by atoms with E-state index < -0.39 is 0 Å².